The van der Waals surface area contributed by atoms with E-state index in [9.17, 15) is 4.79 Å². The lowest BCUT2D eigenvalue weighted by Crippen LogP contribution is -2.40. The molecule has 0 spiro atoms. The third-order valence-electron chi connectivity index (χ3n) is 3.39. The Morgan fingerprint density at radius 2 is 2.16 bits per heavy atom. The van der Waals surface area contributed by atoms with Crippen molar-refractivity contribution in [2.24, 2.45) is 0 Å². The van der Waals surface area contributed by atoms with Crippen molar-refractivity contribution in [2.45, 2.75) is 38.0 Å². The SMILES string of the molecule is Cc1ccc(NC(=O)C(C)NCC2CCCS2)cc1. The molecule has 0 aliphatic carbocycles. The van der Waals surface area contributed by atoms with Gasteiger partial charge in [0.1, 0.15) is 0 Å². The summed E-state index contributed by atoms with van der Waals surface area (Å²) in [6.45, 7) is 4.88. The molecule has 1 heterocycles. The average molecular weight is 278 g/mol. The van der Waals surface area contributed by atoms with E-state index in [2.05, 4.69) is 10.6 Å². The Hall–Kier alpha value is -1.00. The van der Waals surface area contributed by atoms with Crippen molar-refractivity contribution in [1.82, 2.24) is 5.32 Å². The van der Waals surface area contributed by atoms with Crippen molar-refractivity contribution in [2.75, 3.05) is 17.6 Å². The molecular weight excluding hydrogens is 256 g/mol. The molecular formula is C15H22N2OS. The molecule has 3 nitrogen and oxygen atoms in total. The van der Waals surface area contributed by atoms with Gasteiger partial charge in [-0.3, -0.25) is 4.79 Å². The maximum atomic E-state index is 12.0. The van der Waals surface area contributed by atoms with Gasteiger partial charge in [0.2, 0.25) is 5.91 Å². The van der Waals surface area contributed by atoms with E-state index in [1.165, 1.54) is 24.2 Å². The van der Waals surface area contributed by atoms with Crippen LogP contribution in [0.1, 0.15) is 25.3 Å². The molecule has 19 heavy (non-hydrogen) atoms. The summed E-state index contributed by atoms with van der Waals surface area (Å²) in [6, 6.07) is 7.73. The van der Waals surface area contributed by atoms with Gasteiger partial charge in [-0.05, 0) is 44.6 Å². The summed E-state index contributed by atoms with van der Waals surface area (Å²) >= 11 is 2.01. The maximum Gasteiger partial charge on any atom is 0.241 e. The van der Waals surface area contributed by atoms with E-state index in [1.807, 2.05) is 49.9 Å². The lowest BCUT2D eigenvalue weighted by molar-refractivity contribution is -0.117. The number of benzene rings is 1. The highest BCUT2D eigenvalue weighted by Gasteiger charge is 2.18. The van der Waals surface area contributed by atoms with E-state index in [0.717, 1.165) is 12.2 Å². The first-order valence-electron chi connectivity index (χ1n) is 6.87. The van der Waals surface area contributed by atoms with Crippen LogP contribution in [0.4, 0.5) is 5.69 Å². The number of hydrogen-bond donors (Lipinski definition) is 2. The molecule has 1 fully saturated rings. The van der Waals surface area contributed by atoms with Gasteiger partial charge in [-0.25, -0.2) is 0 Å². The van der Waals surface area contributed by atoms with Gasteiger partial charge in [0.05, 0.1) is 6.04 Å². The number of anilines is 1. The van der Waals surface area contributed by atoms with Crippen molar-refractivity contribution >= 4 is 23.4 Å². The summed E-state index contributed by atoms with van der Waals surface area (Å²) < 4.78 is 0. The topological polar surface area (TPSA) is 41.1 Å². The molecule has 1 aliphatic rings. The molecule has 2 unspecified atom stereocenters. The summed E-state index contributed by atoms with van der Waals surface area (Å²) in [4.78, 5) is 12.0. The normalized spacial score (nSPS) is 20.2. The lowest BCUT2D eigenvalue weighted by Gasteiger charge is -2.16. The minimum absolute atomic E-state index is 0.0341. The second-order valence-corrected chi connectivity index (χ2v) is 6.53. The highest BCUT2D eigenvalue weighted by atomic mass is 32.2. The third-order valence-corrected chi connectivity index (χ3v) is 4.79. The van der Waals surface area contributed by atoms with Crippen LogP contribution in [0.5, 0.6) is 0 Å². The van der Waals surface area contributed by atoms with Crippen molar-refractivity contribution in [3.8, 4) is 0 Å². The number of amides is 1. The Morgan fingerprint density at radius 1 is 1.42 bits per heavy atom. The van der Waals surface area contributed by atoms with Gasteiger partial charge in [-0.2, -0.15) is 11.8 Å². The summed E-state index contributed by atoms with van der Waals surface area (Å²) in [5, 5.41) is 6.93. The molecule has 1 aliphatic heterocycles. The number of rotatable bonds is 5. The van der Waals surface area contributed by atoms with Crippen molar-refractivity contribution in [3.63, 3.8) is 0 Å². The summed E-state index contributed by atoms with van der Waals surface area (Å²) in [5.41, 5.74) is 2.06. The van der Waals surface area contributed by atoms with Gasteiger partial charge in [0.15, 0.2) is 0 Å². The Bertz CT molecular complexity index is 413. The van der Waals surface area contributed by atoms with E-state index in [-0.39, 0.29) is 11.9 Å². The zero-order valence-corrected chi connectivity index (χ0v) is 12.4. The number of aryl methyl sites for hydroxylation is 1. The van der Waals surface area contributed by atoms with E-state index >= 15 is 0 Å². The molecule has 2 atom stereocenters. The van der Waals surface area contributed by atoms with Crippen LogP contribution in [0.15, 0.2) is 24.3 Å². The standard InChI is InChI=1S/C15H22N2OS/c1-11-5-7-13(8-6-11)17-15(18)12(2)16-10-14-4-3-9-19-14/h5-8,12,14,16H,3-4,9-10H2,1-2H3,(H,17,18). The Labute approximate surface area is 119 Å². The Balaban J connectivity index is 1.76. The van der Waals surface area contributed by atoms with Crippen molar-refractivity contribution in [3.05, 3.63) is 29.8 Å². The van der Waals surface area contributed by atoms with Gasteiger partial charge in [-0.1, -0.05) is 17.7 Å². The second kappa shape index (κ2) is 6.96. The fraction of sp³-hybridized carbons (Fsp3) is 0.533. The monoisotopic (exact) mass is 278 g/mol. The minimum atomic E-state index is -0.150. The second-order valence-electron chi connectivity index (χ2n) is 5.12. The first-order valence-corrected chi connectivity index (χ1v) is 7.92. The smallest absolute Gasteiger partial charge is 0.241 e. The predicted octanol–water partition coefficient (Wildman–Crippen LogP) is 2.81. The van der Waals surface area contributed by atoms with Crippen LogP contribution in [-0.2, 0) is 4.79 Å². The highest BCUT2D eigenvalue weighted by Crippen LogP contribution is 2.25. The molecule has 1 aromatic rings. The molecule has 0 aromatic heterocycles. The first kappa shape index (κ1) is 14.4. The predicted molar refractivity (Wildman–Crippen MR) is 82.8 cm³/mol. The largest absolute Gasteiger partial charge is 0.325 e. The molecule has 0 bridgehead atoms. The molecule has 1 saturated heterocycles. The van der Waals surface area contributed by atoms with E-state index in [0.29, 0.717) is 5.25 Å². The number of carbonyl (C=O) groups is 1. The van der Waals surface area contributed by atoms with Crippen molar-refractivity contribution in [1.29, 1.82) is 0 Å². The summed E-state index contributed by atoms with van der Waals surface area (Å²) in [6.07, 6.45) is 2.57. The van der Waals surface area contributed by atoms with Gasteiger partial charge in [0, 0.05) is 17.5 Å². The number of thioether (sulfide) groups is 1. The van der Waals surface area contributed by atoms with Crippen LogP contribution in [0.3, 0.4) is 0 Å². The number of nitrogens with one attached hydrogen (secondary N) is 2. The Morgan fingerprint density at radius 3 is 2.79 bits per heavy atom. The molecule has 0 radical (unpaired) electrons. The zero-order valence-electron chi connectivity index (χ0n) is 11.6. The highest BCUT2D eigenvalue weighted by molar-refractivity contribution is 8.00. The number of carbonyl (C=O) groups excluding carboxylic acids is 1. The van der Waals surface area contributed by atoms with Gasteiger partial charge in [-0.15, -0.1) is 0 Å². The van der Waals surface area contributed by atoms with Crippen LogP contribution in [0.25, 0.3) is 0 Å². The quantitative estimate of drug-likeness (QED) is 0.870. The molecule has 2 rings (SSSR count). The average Bonchev–Trinajstić information content (AvgIpc) is 2.91. The molecule has 0 saturated carbocycles. The summed E-state index contributed by atoms with van der Waals surface area (Å²) in [7, 11) is 0. The molecule has 2 N–H and O–H groups in total. The van der Waals surface area contributed by atoms with Gasteiger partial charge < -0.3 is 10.6 Å². The van der Waals surface area contributed by atoms with Crippen LogP contribution in [0, 0.1) is 6.92 Å². The van der Waals surface area contributed by atoms with E-state index in [1.54, 1.807) is 0 Å². The van der Waals surface area contributed by atoms with Crippen LogP contribution in [-0.4, -0.2) is 29.5 Å². The lowest BCUT2D eigenvalue weighted by atomic mass is 10.2. The fourth-order valence-corrected chi connectivity index (χ4v) is 3.31. The first-order chi connectivity index (χ1) is 9.15. The minimum Gasteiger partial charge on any atom is -0.325 e. The van der Waals surface area contributed by atoms with Crippen LogP contribution >= 0.6 is 11.8 Å². The van der Waals surface area contributed by atoms with E-state index < -0.39 is 0 Å². The van der Waals surface area contributed by atoms with Gasteiger partial charge >= 0.3 is 0 Å². The fourth-order valence-electron chi connectivity index (χ4n) is 2.09. The third kappa shape index (κ3) is 4.55. The molecule has 4 heteroatoms. The zero-order chi connectivity index (χ0) is 13.7. The molecule has 1 aromatic carbocycles. The summed E-state index contributed by atoms with van der Waals surface area (Å²) in [5.74, 6) is 1.29. The number of hydrogen-bond acceptors (Lipinski definition) is 3. The maximum absolute atomic E-state index is 12.0. The van der Waals surface area contributed by atoms with Crippen LogP contribution in [0.2, 0.25) is 0 Å². The van der Waals surface area contributed by atoms with Gasteiger partial charge in [0.25, 0.3) is 0 Å². The van der Waals surface area contributed by atoms with Crippen molar-refractivity contribution < 1.29 is 4.79 Å². The molecule has 104 valence electrons. The van der Waals surface area contributed by atoms with Crippen LogP contribution < -0.4 is 10.6 Å². The van der Waals surface area contributed by atoms with E-state index in [4.69, 9.17) is 0 Å². The Kier molecular flexibility index (Phi) is 5.28. The molecule has 1 amide bonds.